The molecule has 0 bridgehead atoms. The van der Waals surface area contributed by atoms with Gasteiger partial charge in [-0.05, 0) is 45.6 Å². The van der Waals surface area contributed by atoms with Crippen LogP contribution in [0.15, 0.2) is 42.6 Å². The second-order valence-corrected chi connectivity index (χ2v) is 7.03. The Bertz CT molecular complexity index is 905. The van der Waals surface area contributed by atoms with Crippen LogP contribution in [0.2, 0.25) is 5.02 Å². The fourth-order valence-electron chi connectivity index (χ4n) is 2.98. The monoisotopic (exact) mass is 384 g/mol. The SMILES string of the molecule is CCn1ccc(-c2cc(NCC(c3ccccc3Cl)N(C)C)nc(C)n2)n1. The van der Waals surface area contributed by atoms with E-state index in [1.807, 2.05) is 62.2 Å². The van der Waals surface area contributed by atoms with Gasteiger partial charge in [0, 0.05) is 30.4 Å². The summed E-state index contributed by atoms with van der Waals surface area (Å²) in [7, 11) is 4.09. The number of anilines is 1. The van der Waals surface area contributed by atoms with Crippen molar-refractivity contribution in [3.05, 3.63) is 59.0 Å². The third kappa shape index (κ3) is 4.64. The van der Waals surface area contributed by atoms with E-state index in [9.17, 15) is 0 Å². The number of likely N-dealkylation sites (N-methyl/N-ethyl adjacent to an activating group) is 1. The largest absolute Gasteiger partial charge is 0.368 e. The van der Waals surface area contributed by atoms with Crippen LogP contribution < -0.4 is 5.32 Å². The molecular formula is C20H25ClN6. The van der Waals surface area contributed by atoms with Gasteiger partial charge in [0.15, 0.2) is 0 Å². The van der Waals surface area contributed by atoms with Gasteiger partial charge >= 0.3 is 0 Å². The van der Waals surface area contributed by atoms with Gasteiger partial charge in [0.25, 0.3) is 0 Å². The van der Waals surface area contributed by atoms with Crippen molar-refractivity contribution in [2.24, 2.45) is 0 Å². The van der Waals surface area contributed by atoms with Crippen molar-refractivity contribution < 1.29 is 0 Å². The number of nitrogens with one attached hydrogen (secondary N) is 1. The quantitative estimate of drug-likeness (QED) is 0.666. The molecule has 0 aliphatic rings. The van der Waals surface area contributed by atoms with Crippen LogP contribution in [0.4, 0.5) is 5.82 Å². The first-order valence-corrected chi connectivity index (χ1v) is 9.40. The third-order valence-electron chi connectivity index (χ3n) is 4.43. The van der Waals surface area contributed by atoms with Crippen molar-refractivity contribution in [3.63, 3.8) is 0 Å². The summed E-state index contributed by atoms with van der Waals surface area (Å²) in [6, 6.07) is 12.0. The highest BCUT2D eigenvalue weighted by molar-refractivity contribution is 6.31. The molecule has 0 amide bonds. The van der Waals surface area contributed by atoms with Gasteiger partial charge in [-0.25, -0.2) is 9.97 Å². The zero-order valence-corrected chi connectivity index (χ0v) is 16.9. The lowest BCUT2D eigenvalue weighted by Crippen LogP contribution is -2.27. The van der Waals surface area contributed by atoms with E-state index in [2.05, 4.69) is 38.3 Å². The van der Waals surface area contributed by atoms with Crippen LogP contribution in [0.1, 0.15) is 24.4 Å². The van der Waals surface area contributed by atoms with Gasteiger partial charge in [0.1, 0.15) is 17.3 Å². The minimum atomic E-state index is 0.122. The predicted octanol–water partition coefficient (Wildman–Crippen LogP) is 4.04. The third-order valence-corrected chi connectivity index (χ3v) is 4.77. The molecule has 0 aliphatic carbocycles. The number of benzene rings is 1. The minimum absolute atomic E-state index is 0.122. The molecule has 2 heterocycles. The Morgan fingerprint density at radius 3 is 2.59 bits per heavy atom. The maximum atomic E-state index is 6.40. The average Bonchev–Trinajstić information content (AvgIpc) is 3.12. The van der Waals surface area contributed by atoms with E-state index < -0.39 is 0 Å². The molecule has 0 saturated carbocycles. The number of rotatable bonds is 7. The molecule has 0 fully saturated rings. The van der Waals surface area contributed by atoms with Crippen LogP contribution in [0.3, 0.4) is 0 Å². The van der Waals surface area contributed by atoms with Crippen molar-refractivity contribution in [1.82, 2.24) is 24.6 Å². The lowest BCUT2D eigenvalue weighted by Gasteiger charge is -2.26. The van der Waals surface area contributed by atoms with Gasteiger partial charge in [-0.3, -0.25) is 4.68 Å². The van der Waals surface area contributed by atoms with E-state index in [1.54, 1.807) is 0 Å². The number of nitrogens with zero attached hydrogens (tertiary/aromatic N) is 5. The minimum Gasteiger partial charge on any atom is -0.368 e. The molecule has 1 N–H and O–H groups in total. The first kappa shape index (κ1) is 19.3. The topological polar surface area (TPSA) is 58.9 Å². The molecule has 3 rings (SSSR count). The summed E-state index contributed by atoms with van der Waals surface area (Å²) in [6.07, 6.45) is 1.96. The highest BCUT2D eigenvalue weighted by Crippen LogP contribution is 2.26. The molecule has 0 aliphatic heterocycles. The fraction of sp³-hybridized carbons (Fsp3) is 0.350. The molecule has 142 valence electrons. The Morgan fingerprint density at radius 2 is 1.93 bits per heavy atom. The molecule has 7 heteroatoms. The van der Waals surface area contributed by atoms with Crippen LogP contribution in [0.25, 0.3) is 11.4 Å². The van der Waals surface area contributed by atoms with Crippen molar-refractivity contribution in [1.29, 1.82) is 0 Å². The molecule has 27 heavy (non-hydrogen) atoms. The van der Waals surface area contributed by atoms with E-state index in [-0.39, 0.29) is 6.04 Å². The average molecular weight is 385 g/mol. The number of hydrogen-bond acceptors (Lipinski definition) is 5. The Morgan fingerprint density at radius 1 is 1.15 bits per heavy atom. The van der Waals surface area contributed by atoms with Gasteiger partial charge < -0.3 is 10.2 Å². The standard InChI is InChI=1S/C20H25ClN6/c1-5-27-11-10-17(25-27)18-12-20(24-14(2)23-18)22-13-19(26(3)4)15-8-6-7-9-16(15)21/h6-12,19H,5,13H2,1-4H3,(H,22,23,24). The molecule has 1 atom stereocenters. The molecule has 1 aromatic carbocycles. The van der Waals surface area contributed by atoms with Crippen LogP contribution in [0, 0.1) is 6.92 Å². The summed E-state index contributed by atoms with van der Waals surface area (Å²) >= 11 is 6.40. The highest BCUT2D eigenvalue weighted by Gasteiger charge is 2.17. The van der Waals surface area contributed by atoms with Crippen molar-refractivity contribution in [2.45, 2.75) is 26.4 Å². The molecule has 0 radical (unpaired) electrons. The van der Waals surface area contributed by atoms with Crippen LogP contribution in [-0.4, -0.2) is 45.3 Å². The maximum absolute atomic E-state index is 6.40. The molecule has 1 unspecified atom stereocenters. The van der Waals surface area contributed by atoms with E-state index in [0.717, 1.165) is 34.3 Å². The number of aryl methyl sites for hydroxylation is 2. The normalized spacial score (nSPS) is 12.4. The molecule has 2 aromatic heterocycles. The van der Waals surface area contributed by atoms with E-state index in [0.29, 0.717) is 12.4 Å². The molecule has 0 spiro atoms. The molecule has 6 nitrogen and oxygen atoms in total. The lowest BCUT2D eigenvalue weighted by atomic mass is 10.1. The second kappa shape index (κ2) is 8.50. The summed E-state index contributed by atoms with van der Waals surface area (Å²) in [6.45, 7) is 5.46. The maximum Gasteiger partial charge on any atom is 0.130 e. The summed E-state index contributed by atoms with van der Waals surface area (Å²) in [5.74, 6) is 1.49. The first-order valence-electron chi connectivity index (χ1n) is 9.02. The smallest absolute Gasteiger partial charge is 0.130 e. The van der Waals surface area contributed by atoms with Gasteiger partial charge in [0.05, 0.1) is 11.7 Å². The van der Waals surface area contributed by atoms with E-state index in [4.69, 9.17) is 11.6 Å². The first-order chi connectivity index (χ1) is 13.0. The van der Waals surface area contributed by atoms with Gasteiger partial charge in [-0.15, -0.1) is 0 Å². The Kier molecular flexibility index (Phi) is 6.08. The molecular weight excluding hydrogens is 360 g/mol. The Labute approximate surface area is 165 Å². The zero-order chi connectivity index (χ0) is 19.4. The van der Waals surface area contributed by atoms with Crippen molar-refractivity contribution >= 4 is 17.4 Å². The van der Waals surface area contributed by atoms with Crippen molar-refractivity contribution in [2.75, 3.05) is 26.0 Å². The van der Waals surface area contributed by atoms with E-state index in [1.165, 1.54) is 0 Å². The Balaban J connectivity index is 1.81. The summed E-state index contributed by atoms with van der Waals surface area (Å²) in [4.78, 5) is 11.2. The van der Waals surface area contributed by atoms with Crippen LogP contribution in [-0.2, 0) is 6.54 Å². The Hall–Kier alpha value is -2.44. The fourth-order valence-corrected chi connectivity index (χ4v) is 3.24. The number of halogens is 1. The second-order valence-electron chi connectivity index (χ2n) is 6.62. The predicted molar refractivity (Wildman–Crippen MR) is 110 cm³/mol. The molecule has 0 saturated heterocycles. The van der Waals surface area contributed by atoms with Crippen molar-refractivity contribution in [3.8, 4) is 11.4 Å². The summed E-state index contributed by atoms with van der Waals surface area (Å²) in [5, 5.41) is 8.74. The highest BCUT2D eigenvalue weighted by atomic mass is 35.5. The van der Waals surface area contributed by atoms with Gasteiger partial charge in [0.2, 0.25) is 0 Å². The molecule has 3 aromatic rings. The number of hydrogen-bond donors (Lipinski definition) is 1. The lowest BCUT2D eigenvalue weighted by molar-refractivity contribution is 0.312. The van der Waals surface area contributed by atoms with Gasteiger partial charge in [-0.2, -0.15) is 5.10 Å². The van der Waals surface area contributed by atoms with Crippen LogP contribution >= 0.6 is 11.6 Å². The number of aromatic nitrogens is 4. The van der Waals surface area contributed by atoms with Crippen LogP contribution in [0.5, 0.6) is 0 Å². The zero-order valence-electron chi connectivity index (χ0n) is 16.1. The van der Waals surface area contributed by atoms with E-state index >= 15 is 0 Å². The van der Waals surface area contributed by atoms with Gasteiger partial charge in [-0.1, -0.05) is 29.8 Å². The summed E-state index contributed by atoms with van der Waals surface area (Å²) < 4.78 is 1.89. The summed E-state index contributed by atoms with van der Waals surface area (Å²) in [5.41, 5.74) is 2.75.